The number of aryl methyl sites for hydroxylation is 1. The van der Waals surface area contributed by atoms with Crippen LogP contribution in [0.1, 0.15) is 45.2 Å². The lowest BCUT2D eigenvalue weighted by atomic mass is 9.95. The predicted molar refractivity (Wildman–Crippen MR) is 85.6 cm³/mol. The van der Waals surface area contributed by atoms with Crippen molar-refractivity contribution in [3.63, 3.8) is 0 Å². The highest BCUT2D eigenvalue weighted by Crippen LogP contribution is 2.82. The summed E-state index contributed by atoms with van der Waals surface area (Å²) >= 11 is 0. The van der Waals surface area contributed by atoms with Crippen molar-refractivity contribution in [3.05, 3.63) is 34.2 Å². The molecule has 0 N–H and O–H groups in total. The van der Waals surface area contributed by atoms with Crippen molar-refractivity contribution in [3.8, 4) is 0 Å². The molecule has 0 amide bonds. The lowest BCUT2D eigenvalue weighted by molar-refractivity contribution is -0.0362. The van der Waals surface area contributed by atoms with Gasteiger partial charge in [0.1, 0.15) is 0 Å². The summed E-state index contributed by atoms with van der Waals surface area (Å²) in [5, 5.41) is 0. The van der Waals surface area contributed by atoms with Crippen molar-refractivity contribution in [2.75, 3.05) is 0 Å². The highest BCUT2D eigenvalue weighted by Gasteiger charge is 2.58. The van der Waals surface area contributed by atoms with E-state index in [0.717, 1.165) is 18.4 Å². The van der Waals surface area contributed by atoms with Crippen molar-refractivity contribution in [1.82, 2.24) is 0 Å². The van der Waals surface area contributed by atoms with Crippen LogP contribution >= 0.6 is 19.9 Å². The average molecular weight is 337 g/mol. The van der Waals surface area contributed by atoms with E-state index in [4.69, 9.17) is 10.7 Å². The fourth-order valence-electron chi connectivity index (χ4n) is 2.61. The van der Waals surface area contributed by atoms with Gasteiger partial charge in [0.05, 0.1) is 0 Å². The molecule has 1 unspecified atom stereocenters. The van der Waals surface area contributed by atoms with Gasteiger partial charge in [0, 0.05) is 4.90 Å². The monoisotopic (exact) mass is 336 g/mol. The van der Waals surface area contributed by atoms with Gasteiger partial charge in [-0.2, -0.15) is 13.2 Å². The molecule has 118 valence electrons. The highest BCUT2D eigenvalue weighted by molar-refractivity contribution is 8.54. The first-order valence-electron chi connectivity index (χ1n) is 6.96. The van der Waals surface area contributed by atoms with Crippen molar-refractivity contribution >= 4 is 26.0 Å². The zero-order chi connectivity index (χ0) is 16.1. The molecule has 1 atom stereocenters. The number of hydrogen-bond acceptors (Lipinski definition) is 0. The number of benzene rings is 1. The summed E-state index contributed by atoms with van der Waals surface area (Å²) in [6, 6.07) is 5.33. The smallest absolute Gasteiger partial charge is 0.160 e. The van der Waals surface area contributed by atoms with E-state index < -0.39 is 20.2 Å². The van der Waals surface area contributed by atoms with Crippen LogP contribution in [0.2, 0.25) is 0 Å². The fraction of sp³-hybridized carbons (Fsp3) is 0.500. The number of hydrogen-bond donors (Lipinski definition) is 0. The second-order valence-corrected chi connectivity index (χ2v) is 10.2. The van der Waals surface area contributed by atoms with E-state index in [1.807, 2.05) is 13.0 Å². The summed E-state index contributed by atoms with van der Waals surface area (Å²) in [7, 11) is 2.80. The third kappa shape index (κ3) is 2.72. The first-order valence-corrected chi connectivity index (χ1v) is 9.42. The Morgan fingerprint density at radius 3 is 2.24 bits per heavy atom. The molecule has 1 heterocycles. The fourth-order valence-corrected chi connectivity index (χ4v) is 6.48. The van der Waals surface area contributed by atoms with Crippen molar-refractivity contribution in [2.45, 2.75) is 50.9 Å². The second-order valence-electron chi connectivity index (χ2n) is 6.36. The maximum atomic E-state index is 13.8. The largest absolute Gasteiger partial charge is 0.445 e. The van der Waals surface area contributed by atoms with Crippen LogP contribution in [0, 0.1) is 5.41 Å². The Morgan fingerprint density at radius 2 is 1.76 bits per heavy atom. The molecule has 0 aliphatic carbocycles. The topological polar surface area (TPSA) is 0 Å². The lowest BCUT2D eigenvalue weighted by Crippen LogP contribution is -2.22. The standard InChI is InChI=1S/C16H20ClF3S/c1-5-6-11-7-8-12-10-14(15(2,3)4)21(17,13(12)9-11)16(18,19)20/h7-10H,5-6H2,1-4H3. The van der Waals surface area contributed by atoms with Crippen LogP contribution in [-0.2, 0) is 6.42 Å². The van der Waals surface area contributed by atoms with E-state index >= 15 is 0 Å². The molecule has 1 aliphatic rings. The minimum Gasteiger partial charge on any atom is -0.160 e. The van der Waals surface area contributed by atoms with E-state index in [0.29, 0.717) is 10.5 Å². The second kappa shape index (κ2) is 5.24. The summed E-state index contributed by atoms with van der Waals surface area (Å²) in [4.78, 5) is 0.556. The minimum atomic E-state index is -4.44. The Bertz CT molecular complexity index is 584. The van der Waals surface area contributed by atoms with Gasteiger partial charge in [-0.15, -0.1) is 0 Å². The Kier molecular flexibility index (Phi) is 4.18. The van der Waals surface area contributed by atoms with Crippen LogP contribution in [0.3, 0.4) is 0 Å². The normalized spacial score (nSPS) is 25.2. The molecule has 21 heavy (non-hydrogen) atoms. The molecule has 1 aromatic carbocycles. The molecule has 0 fully saturated rings. The van der Waals surface area contributed by atoms with E-state index in [9.17, 15) is 13.2 Å². The number of fused-ring (bicyclic) bond motifs is 1. The zero-order valence-electron chi connectivity index (χ0n) is 12.6. The molecule has 0 aromatic heterocycles. The van der Waals surface area contributed by atoms with Gasteiger partial charge < -0.3 is 0 Å². The van der Waals surface area contributed by atoms with Gasteiger partial charge in [0.2, 0.25) is 0 Å². The molecule has 0 bridgehead atoms. The average Bonchev–Trinajstić information content (AvgIpc) is 2.64. The number of alkyl halides is 3. The van der Waals surface area contributed by atoms with E-state index in [1.54, 1.807) is 39.0 Å². The first kappa shape index (κ1) is 16.8. The Labute approximate surface area is 130 Å². The van der Waals surface area contributed by atoms with Gasteiger partial charge in [-0.05, 0) is 59.9 Å². The minimum absolute atomic E-state index is 0.257. The third-order valence-corrected chi connectivity index (χ3v) is 8.02. The van der Waals surface area contributed by atoms with Crippen LogP contribution in [-0.4, -0.2) is 5.51 Å². The Morgan fingerprint density at radius 1 is 1.14 bits per heavy atom. The number of halogens is 4. The molecule has 0 nitrogen and oxygen atoms in total. The third-order valence-electron chi connectivity index (χ3n) is 3.57. The summed E-state index contributed by atoms with van der Waals surface area (Å²) < 4.78 is 41.4. The van der Waals surface area contributed by atoms with E-state index in [-0.39, 0.29) is 4.90 Å². The summed E-state index contributed by atoms with van der Waals surface area (Å²) in [5.74, 6) is 0. The first-order chi connectivity index (χ1) is 9.51. The molecule has 0 saturated heterocycles. The van der Waals surface area contributed by atoms with Gasteiger partial charge in [0.15, 0.2) is 0 Å². The Hall–Kier alpha value is -0.610. The van der Waals surface area contributed by atoms with E-state index in [1.165, 1.54) is 0 Å². The van der Waals surface area contributed by atoms with Crippen LogP contribution < -0.4 is 0 Å². The molecule has 1 aliphatic heterocycles. The molecule has 1 aromatic rings. The molecular formula is C16H20ClF3S. The predicted octanol–water partition coefficient (Wildman–Crippen LogP) is 6.88. The summed E-state index contributed by atoms with van der Waals surface area (Å²) in [5.41, 5.74) is -3.52. The molecule has 0 radical (unpaired) electrons. The SMILES string of the molecule is CCCc1ccc2c(c1)S(Cl)(C(F)(F)F)C(C(C)(C)C)=C2. The highest BCUT2D eigenvalue weighted by atomic mass is 35.7. The number of allylic oxidation sites excluding steroid dienone is 1. The molecule has 0 saturated carbocycles. The van der Waals surface area contributed by atoms with Crippen molar-refractivity contribution in [2.24, 2.45) is 5.41 Å². The molecule has 5 heteroatoms. The van der Waals surface area contributed by atoms with E-state index in [2.05, 4.69) is 0 Å². The molecule has 0 spiro atoms. The zero-order valence-corrected chi connectivity index (χ0v) is 14.2. The summed E-state index contributed by atoms with van der Waals surface area (Å²) in [6.07, 6.45) is 3.30. The van der Waals surface area contributed by atoms with Gasteiger partial charge in [0.25, 0.3) is 0 Å². The van der Waals surface area contributed by atoms with Gasteiger partial charge in [-0.1, -0.05) is 46.2 Å². The summed E-state index contributed by atoms with van der Waals surface area (Å²) in [6.45, 7) is 7.37. The van der Waals surface area contributed by atoms with Crippen molar-refractivity contribution < 1.29 is 13.2 Å². The van der Waals surface area contributed by atoms with Gasteiger partial charge >= 0.3 is 5.51 Å². The van der Waals surface area contributed by atoms with Gasteiger partial charge in [-0.3, -0.25) is 0 Å². The molecule has 2 rings (SSSR count). The van der Waals surface area contributed by atoms with Crippen molar-refractivity contribution in [1.29, 1.82) is 0 Å². The van der Waals surface area contributed by atoms with Crippen LogP contribution in [0.15, 0.2) is 28.0 Å². The lowest BCUT2D eigenvalue weighted by Gasteiger charge is -2.40. The van der Waals surface area contributed by atoms with Crippen LogP contribution in [0.5, 0.6) is 0 Å². The Balaban J connectivity index is 2.66. The van der Waals surface area contributed by atoms with Crippen LogP contribution in [0.25, 0.3) is 6.08 Å². The van der Waals surface area contributed by atoms with Gasteiger partial charge in [-0.25, -0.2) is 0 Å². The maximum Gasteiger partial charge on any atom is 0.445 e. The molecular weight excluding hydrogens is 317 g/mol. The number of rotatable bonds is 2. The quantitative estimate of drug-likeness (QED) is 0.552. The van der Waals surface area contributed by atoms with Crippen LogP contribution in [0.4, 0.5) is 13.2 Å². The maximum absolute atomic E-state index is 13.8.